The Hall–Kier alpha value is -1.39. The lowest BCUT2D eigenvalue weighted by atomic mass is 10.2. The monoisotopic (exact) mass is 250 g/mol. The van der Waals surface area contributed by atoms with E-state index in [4.69, 9.17) is 5.73 Å². The normalized spacial score (nSPS) is 12.4. The Labute approximate surface area is 104 Å². The van der Waals surface area contributed by atoms with Crippen LogP contribution in [0.3, 0.4) is 0 Å². The summed E-state index contributed by atoms with van der Waals surface area (Å²) in [5, 5.41) is 2.04. The van der Waals surface area contributed by atoms with E-state index in [9.17, 15) is 4.39 Å². The van der Waals surface area contributed by atoms with Crippen molar-refractivity contribution in [3.05, 3.63) is 52.5 Å². The maximum absolute atomic E-state index is 12.9. The molecular formula is C13H15FN2S. The summed E-state index contributed by atoms with van der Waals surface area (Å²) in [4.78, 5) is 3.30. The molecule has 2 aromatic rings. The van der Waals surface area contributed by atoms with Gasteiger partial charge in [-0.15, -0.1) is 11.3 Å². The Morgan fingerprint density at radius 1 is 1.29 bits per heavy atom. The SMILES string of the molecule is CN(c1ccc(F)cc1)C(CN)c1cccs1. The van der Waals surface area contributed by atoms with Crippen molar-refractivity contribution in [3.63, 3.8) is 0 Å². The number of benzene rings is 1. The number of nitrogens with zero attached hydrogens (tertiary/aromatic N) is 1. The molecule has 17 heavy (non-hydrogen) atoms. The minimum absolute atomic E-state index is 0.139. The van der Waals surface area contributed by atoms with E-state index >= 15 is 0 Å². The summed E-state index contributed by atoms with van der Waals surface area (Å²) in [6, 6.07) is 10.7. The minimum Gasteiger partial charge on any atom is -0.365 e. The highest BCUT2D eigenvalue weighted by Gasteiger charge is 2.16. The number of hydrogen-bond acceptors (Lipinski definition) is 3. The molecule has 0 bridgehead atoms. The molecule has 1 atom stereocenters. The molecule has 1 unspecified atom stereocenters. The van der Waals surface area contributed by atoms with Crippen LogP contribution in [0.1, 0.15) is 10.9 Å². The van der Waals surface area contributed by atoms with Crippen LogP contribution < -0.4 is 10.6 Å². The van der Waals surface area contributed by atoms with E-state index in [1.165, 1.54) is 17.0 Å². The fourth-order valence-corrected chi connectivity index (χ4v) is 2.69. The van der Waals surface area contributed by atoms with Crippen LogP contribution >= 0.6 is 11.3 Å². The predicted octanol–water partition coefficient (Wildman–Crippen LogP) is 3.02. The van der Waals surface area contributed by atoms with Gasteiger partial charge in [0.05, 0.1) is 6.04 Å². The lowest BCUT2D eigenvalue weighted by molar-refractivity contribution is 0.626. The Kier molecular flexibility index (Phi) is 3.76. The molecule has 0 aliphatic carbocycles. The predicted molar refractivity (Wildman–Crippen MR) is 70.9 cm³/mol. The number of anilines is 1. The van der Waals surface area contributed by atoms with Crippen molar-refractivity contribution in [2.24, 2.45) is 5.73 Å². The van der Waals surface area contributed by atoms with Crippen molar-refractivity contribution in [1.82, 2.24) is 0 Å². The molecule has 4 heteroatoms. The van der Waals surface area contributed by atoms with Crippen molar-refractivity contribution in [2.75, 3.05) is 18.5 Å². The topological polar surface area (TPSA) is 29.3 Å². The first kappa shape index (κ1) is 12.1. The summed E-state index contributed by atoms with van der Waals surface area (Å²) < 4.78 is 12.9. The molecule has 0 spiro atoms. The lowest BCUT2D eigenvalue weighted by Gasteiger charge is -2.28. The molecule has 1 aromatic heterocycles. The zero-order chi connectivity index (χ0) is 12.3. The van der Waals surface area contributed by atoms with Crippen molar-refractivity contribution in [2.45, 2.75) is 6.04 Å². The average Bonchev–Trinajstić information content (AvgIpc) is 2.84. The van der Waals surface area contributed by atoms with Gasteiger partial charge < -0.3 is 10.6 Å². The van der Waals surface area contributed by atoms with E-state index < -0.39 is 0 Å². The third-order valence-corrected chi connectivity index (χ3v) is 3.77. The molecule has 0 saturated heterocycles. The highest BCUT2D eigenvalue weighted by Crippen LogP contribution is 2.27. The molecule has 1 heterocycles. The van der Waals surface area contributed by atoms with Gasteiger partial charge in [0, 0.05) is 24.2 Å². The molecule has 90 valence electrons. The summed E-state index contributed by atoms with van der Waals surface area (Å²) in [5.74, 6) is -0.220. The summed E-state index contributed by atoms with van der Waals surface area (Å²) >= 11 is 1.69. The zero-order valence-electron chi connectivity index (χ0n) is 9.64. The summed E-state index contributed by atoms with van der Waals surface area (Å²) in [5.41, 5.74) is 6.79. The zero-order valence-corrected chi connectivity index (χ0v) is 10.5. The number of nitrogens with two attached hydrogens (primary N) is 1. The molecule has 2 rings (SSSR count). The van der Waals surface area contributed by atoms with Crippen LogP contribution in [0.25, 0.3) is 0 Å². The van der Waals surface area contributed by atoms with Crippen molar-refractivity contribution in [3.8, 4) is 0 Å². The Morgan fingerprint density at radius 2 is 2.00 bits per heavy atom. The van der Waals surface area contributed by atoms with Gasteiger partial charge in [0.25, 0.3) is 0 Å². The van der Waals surface area contributed by atoms with Crippen LogP contribution in [0.15, 0.2) is 41.8 Å². The van der Waals surface area contributed by atoms with Crippen LogP contribution in [-0.2, 0) is 0 Å². The van der Waals surface area contributed by atoms with E-state index in [0.29, 0.717) is 6.54 Å². The third-order valence-electron chi connectivity index (χ3n) is 2.80. The maximum atomic E-state index is 12.9. The van der Waals surface area contributed by atoms with Gasteiger partial charge in [-0.2, -0.15) is 0 Å². The molecule has 0 radical (unpaired) electrons. The van der Waals surface area contributed by atoms with E-state index in [1.807, 2.05) is 18.5 Å². The van der Waals surface area contributed by atoms with Crippen LogP contribution in [0, 0.1) is 5.82 Å². The highest BCUT2D eigenvalue weighted by atomic mass is 32.1. The van der Waals surface area contributed by atoms with Crippen LogP contribution in [0.2, 0.25) is 0 Å². The molecule has 0 amide bonds. The number of hydrogen-bond donors (Lipinski definition) is 1. The molecule has 0 saturated carbocycles. The number of thiophene rings is 1. The fraction of sp³-hybridized carbons (Fsp3) is 0.231. The quantitative estimate of drug-likeness (QED) is 0.903. The van der Waals surface area contributed by atoms with E-state index in [2.05, 4.69) is 11.0 Å². The third kappa shape index (κ3) is 2.65. The second-order valence-electron chi connectivity index (χ2n) is 3.85. The first-order valence-electron chi connectivity index (χ1n) is 5.44. The van der Waals surface area contributed by atoms with Gasteiger partial charge in [-0.3, -0.25) is 0 Å². The van der Waals surface area contributed by atoms with Gasteiger partial charge in [-0.1, -0.05) is 6.07 Å². The molecule has 2 nitrogen and oxygen atoms in total. The second kappa shape index (κ2) is 5.29. The minimum atomic E-state index is -0.220. The van der Waals surface area contributed by atoms with Gasteiger partial charge in [0.2, 0.25) is 0 Å². The van der Waals surface area contributed by atoms with E-state index in [1.54, 1.807) is 23.5 Å². The van der Waals surface area contributed by atoms with Gasteiger partial charge in [0.15, 0.2) is 0 Å². The summed E-state index contributed by atoms with van der Waals surface area (Å²) in [7, 11) is 1.98. The van der Waals surface area contributed by atoms with Gasteiger partial charge in [-0.05, 0) is 35.7 Å². The number of rotatable bonds is 4. The molecule has 2 N–H and O–H groups in total. The number of likely N-dealkylation sites (N-methyl/N-ethyl adjacent to an activating group) is 1. The largest absolute Gasteiger partial charge is 0.365 e. The molecular weight excluding hydrogens is 235 g/mol. The average molecular weight is 250 g/mol. The van der Waals surface area contributed by atoms with Gasteiger partial charge >= 0.3 is 0 Å². The Balaban J connectivity index is 2.23. The Morgan fingerprint density at radius 3 is 2.53 bits per heavy atom. The van der Waals surface area contributed by atoms with Crippen molar-refractivity contribution in [1.29, 1.82) is 0 Å². The molecule has 1 aromatic carbocycles. The van der Waals surface area contributed by atoms with Crippen molar-refractivity contribution >= 4 is 17.0 Å². The fourth-order valence-electron chi connectivity index (χ4n) is 1.80. The summed E-state index contributed by atoms with van der Waals surface area (Å²) in [6.07, 6.45) is 0. The highest BCUT2D eigenvalue weighted by molar-refractivity contribution is 7.10. The number of halogens is 1. The molecule has 0 aliphatic rings. The second-order valence-corrected chi connectivity index (χ2v) is 4.83. The van der Waals surface area contributed by atoms with Gasteiger partial charge in [-0.25, -0.2) is 4.39 Å². The maximum Gasteiger partial charge on any atom is 0.123 e. The van der Waals surface area contributed by atoms with Crippen molar-refractivity contribution < 1.29 is 4.39 Å². The van der Waals surface area contributed by atoms with Crippen LogP contribution in [-0.4, -0.2) is 13.6 Å². The van der Waals surface area contributed by atoms with E-state index in [0.717, 1.165) is 5.69 Å². The lowest BCUT2D eigenvalue weighted by Crippen LogP contribution is -2.29. The molecule has 0 fully saturated rings. The molecule has 0 aliphatic heterocycles. The smallest absolute Gasteiger partial charge is 0.123 e. The van der Waals surface area contributed by atoms with Crippen LogP contribution in [0.5, 0.6) is 0 Å². The first-order valence-corrected chi connectivity index (χ1v) is 6.32. The first-order chi connectivity index (χ1) is 8.22. The van der Waals surface area contributed by atoms with Gasteiger partial charge in [0.1, 0.15) is 5.82 Å². The van der Waals surface area contributed by atoms with E-state index in [-0.39, 0.29) is 11.9 Å². The standard InChI is InChI=1S/C13H15FN2S/c1-16(11-6-4-10(14)5-7-11)12(9-15)13-3-2-8-17-13/h2-8,12H,9,15H2,1H3. The summed E-state index contributed by atoms with van der Waals surface area (Å²) in [6.45, 7) is 0.536. The Bertz CT molecular complexity index is 453. The van der Waals surface area contributed by atoms with Crippen LogP contribution in [0.4, 0.5) is 10.1 Å².